The number of hydrogen-bond acceptors (Lipinski definition) is 3. The molecule has 36 heavy (non-hydrogen) atoms. The molecule has 3 aromatic rings. The first-order valence-electron chi connectivity index (χ1n) is 12.7. The molecule has 0 saturated carbocycles. The van der Waals surface area contributed by atoms with Gasteiger partial charge >= 0.3 is 12.0 Å². The Kier molecular flexibility index (Phi) is 10.9. The van der Waals surface area contributed by atoms with Crippen molar-refractivity contribution in [1.82, 2.24) is 5.32 Å². The van der Waals surface area contributed by atoms with Gasteiger partial charge in [0.2, 0.25) is 0 Å². The lowest BCUT2D eigenvalue weighted by Crippen LogP contribution is -2.41. The summed E-state index contributed by atoms with van der Waals surface area (Å²) in [6, 6.07) is 25.9. The molecule has 2 amide bonds. The average Bonchev–Trinajstić information content (AvgIpc) is 2.89. The molecule has 0 aliphatic carbocycles. The molecule has 0 aliphatic rings. The minimum absolute atomic E-state index is 0.0677. The normalized spacial score (nSPS) is 11.6. The zero-order chi connectivity index (χ0) is 25.8. The highest BCUT2D eigenvalue weighted by molar-refractivity contribution is 7.99. The third-order valence-corrected chi connectivity index (χ3v) is 7.16. The number of benzene rings is 3. The molecule has 2 N–H and O–H groups in total. The Morgan fingerprint density at radius 2 is 1.53 bits per heavy atom. The zero-order valence-corrected chi connectivity index (χ0v) is 22.0. The van der Waals surface area contributed by atoms with Crippen LogP contribution in [0.1, 0.15) is 56.6 Å². The first-order chi connectivity index (χ1) is 17.5. The molecular weight excluding hydrogens is 468 g/mol. The van der Waals surface area contributed by atoms with Crippen molar-refractivity contribution < 1.29 is 14.7 Å². The van der Waals surface area contributed by atoms with Crippen LogP contribution in [0.5, 0.6) is 0 Å². The van der Waals surface area contributed by atoms with Crippen LogP contribution in [0.25, 0.3) is 0 Å². The van der Waals surface area contributed by atoms with Crippen LogP contribution in [0.15, 0.2) is 88.7 Å². The van der Waals surface area contributed by atoms with Crippen LogP contribution in [0.3, 0.4) is 0 Å². The number of rotatable bonds is 13. The van der Waals surface area contributed by atoms with E-state index in [9.17, 15) is 14.7 Å². The van der Waals surface area contributed by atoms with Crippen molar-refractivity contribution in [2.45, 2.75) is 61.7 Å². The third kappa shape index (κ3) is 8.16. The van der Waals surface area contributed by atoms with E-state index in [1.54, 1.807) is 11.8 Å². The van der Waals surface area contributed by atoms with Gasteiger partial charge in [-0.05, 0) is 66.8 Å². The van der Waals surface area contributed by atoms with Gasteiger partial charge in [-0.25, -0.2) is 4.79 Å². The van der Waals surface area contributed by atoms with Crippen molar-refractivity contribution >= 4 is 29.4 Å². The van der Waals surface area contributed by atoms with Crippen LogP contribution in [0.4, 0.5) is 10.5 Å². The van der Waals surface area contributed by atoms with Crippen molar-refractivity contribution in [3.63, 3.8) is 0 Å². The number of nitrogens with one attached hydrogen (secondary N) is 1. The number of anilines is 1. The van der Waals surface area contributed by atoms with Gasteiger partial charge in [0, 0.05) is 28.6 Å². The maximum absolute atomic E-state index is 13.0. The molecule has 0 radical (unpaired) electrons. The van der Waals surface area contributed by atoms with E-state index >= 15 is 0 Å². The van der Waals surface area contributed by atoms with Gasteiger partial charge in [-0.1, -0.05) is 80.9 Å². The average molecular weight is 505 g/mol. The summed E-state index contributed by atoms with van der Waals surface area (Å²) in [6.45, 7) is 5.32. The fraction of sp³-hybridized carbons (Fsp3) is 0.333. The van der Waals surface area contributed by atoms with Crippen molar-refractivity contribution in [2.24, 2.45) is 0 Å². The number of carbonyl (C=O) groups excluding carboxylic acids is 1. The van der Waals surface area contributed by atoms with Crippen LogP contribution >= 0.6 is 11.8 Å². The smallest absolute Gasteiger partial charge is 0.321 e. The maximum atomic E-state index is 13.0. The van der Waals surface area contributed by atoms with E-state index in [1.807, 2.05) is 78.6 Å². The summed E-state index contributed by atoms with van der Waals surface area (Å²) in [7, 11) is 0. The van der Waals surface area contributed by atoms with Gasteiger partial charge in [0.15, 0.2) is 0 Å². The molecule has 3 aromatic carbocycles. The minimum Gasteiger partial charge on any atom is -0.481 e. The van der Waals surface area contributed by atoms with Crippen LogP contribution in [-0.4, -0.2) is 30.2 Å². The molecule has 0 saturated heterocycles. The topological polar surface area (TPSA) is 69.6 Å². The van der Waals surface area contributed by atoms with Crippen molar-refractivity contribution in [2.75, 3.05) is 18.0 Å². The summed E-state index contributed by atoms with van der Waals surface area (Å²) in [5, 5.41) is 12.5. The monoisotopic (exact) mass is 504 g/mol. The number of hydrogen-bond donors (Lipinski definition) is 2. The lowest BCUT2D eigenvalue weighted by atomic mass is 9.97. The molecule has 6 heteroatoms. The number of carbonyl (C=O) groups is 2. The SMILES string of the molecule is CCCCCNC(=O)N(CCc1ccccc1)c1ccc(Sc2ccc(C(CC)C(=O)O)cc2)cc1. The number of aliphatic carboxylic acids is 1. The molecule has 190 valence electrons. The van der Waals surface area contributed by atoms with Crippen LogP contribution in [-0.2, 0) is 11.2 Å². The summed E-state index contributed by atoms with van der Waals surface area (Å²) < 4.78 is 0. The van der Waals surface area contributed by atoms with E-state index in [0.717, 1.165) is 46.7 Å². The van der Waals surface area contributed by atoms with Gasteiger partial charge in [0.1, 0.15) is 0 Å². The molecule has 5 nitrogen and oxygen atoms in total. The Morgan fingerprint density at radius 1 is 0.889 bits per heavy atom. The maximum Gasteiger partial charge on any atom is 0.321 e. The summed E-state index contributed by atoms with van der Waals surface area (Å²) in [5.41, 5.74) is 2.89. The zero-order valence-electron chi connectivity index (χ0n) is 21.2. The Hall–Kier alpha value is -3.25. The molecule has 1 unspecified atom stereocenters. The molecule has 0 bridgehead atoms. The number of carboxylic acids is 1. The number of urea groups is 1. The number of carboxylic acid groups (broad SMARTS) is 1. The fourth-order valence-corrected chi connectivity index (χ4v) is 4.87. The second-order valence-electron chi connectivity index (χ2n) is 8.79. The van der Waals surface area contributed by atoms with E-state index in [2.05, 4.69) is 24.4 Å². The Labute approximate surface area is 218 Å². The molecule has 1 atom stereocenters. The van der Waals surface area contributed by atoms with Crippen LogP contribution in [0, 0.1) is 0 Å². The standard InChI is InChI=1S/C30H36N2O3S/c1-3-5-9-21-31-30(35)32(22-20-23-10-7-6-8-11-23)25-14-18-27(19-15-25)36-26-16-12-24(13-17-26)28(4-2)29(33)34/h6-8,10-19,28H,3-5,9,20-22H2,1-2H3,(H,31,35)(H,33,34). The van der Waals surface area contributed by atoms with Gasteiger partial charge in [-0.15, -0.1) is 0 Å². The van der Waals surface area contributed by atoms with Gasteiger partial charge in [0.05, 0.1) is 5.92 Å². The van der Waals surface area contributed by atoms with E-state index in [4.69, 9.17) is 0 Å². The van der Waals surface area contributed by atoms with Crippen molar-refractivity contribution in [3.8, 4) is 0 Å². The highest BCUT2D eigenvalue weighted by Crippen LogP contribution is 2.31. The molecular formula is C30H36N2O3S. The second-order valence-corrected chi connectivity index (χ2v) is 9.94. The van der Waals surface area contributed by atoms with Gasteiger partial charge < -0.3 is 10.4 Å². The molecule has 0 spiro atoms. The Balaban J connectivity index is 1.68. The van der Waals surface area contributed by atoms with E-state index < -0.39 is 11.9 Å². The molecule has 0 aromatic heterocycles. The van der Waals surface area contributed by atoms with Crippen molar-refractivity contribution in [1.29, 1.82) is 0 Å². The van der Waals surface area contributed by atoms with Crippen LogP contribution < -0.4 is 10.2 Å². The Bertz CT molecular complexity index is 1090. The quantitative estimate of drug-likeness (QED) is 0.239. The largest absolute Gasteiger partial charge is 0.481 e. The number of unbranched alkanes of at least 4 members (excludes halogenated alkanes) is 2. The highest BCUT2D eigenvalue weighted by atomic mass is 32.2. The molecule has 0 aliphatic heterocycles. The minimum atomic E-state index is -0.792. The predicted octanol–water partition coefficient (Wildman–Crippen LogP) is 7.36. The van der Waals surface area contributed by atoms with Gasteiger partial charge in [-0.3, -0.25) is 9.69 Å². The van der Waals surface area contributed by atoms with E-state index in [0.29, 0.717) is 19.5 Å². The number of amides is 2. The third-order valence-electron chi connectivity index (χ3n) is 6.14. The summed E-state index contributed by atoms with van der Waals surface area (Å²) in [6.07, 6.45) is 4.55. The first kappa shape index (κ1) is 27.3. The first-order valence-corrected chi connectivity index (χ1v) is 13.5. The van der Waals surface area contributed by atoms with Crippen molar-refractivity contribution in [3.05, 3.63) is 90.0 Å². The van der Waals surface area contributed by atoms with E-state index in [-0.39, 0.29) is 6.03 Å². The van der Waals surface area contributed by atoms with E-state index in [1.165, 1.54) is 5.56 Å². The lowest BCUT2D eigenvalue weighted by Gasteiger charge is -2.24. The molecule has 3 rings (SSSR count). The summed E-state index contributed by atoms with van der Waals surface area (Å²) >= 11 is 1.62. The molecule has 0 heterocycles. The second kappa shape index (κ2) is 14.3. The number of nitrogens with zero attached hydrogens (tertiary/aromatic N) is 1. The van der Waals surface area contributed by atoms with Crippen LogP contribution in [0.2, 0.25) is 0 Å². The Morgan fingerprint density at radius 3 is 2.11 bits per heavy atom. The molecule has 0 fully saturated rings. The van der Waals surface area contributed by atoms with Gasteiger partial charge in [-0.2, -0.15) is 0 Å². The summed E-state index contributed by atoms with van der Waals surface area (Å²) in [5.74, 6) is -1.27. The highest BCUT2D eigenvalue weighted by Gasteiger charge is 2.18. The predicted molar refractivity (Wildman–Crippen MR) is 148 cm³/mol. The fourth-order valence-electron chi connectivity index (χ4n) is 4.05. The van der Waals surface area contributed by atoms with Gasteiger partial charge in [0.25, 0.3) is 0 Å². The lowest BCUT2D eigenvalue weighted by molar-refractivity contribution is -0.138. The summed E-state index contributed by atoms with van der Waals surface area (Å²) in [4.78, 5) is 28.4.